The number of nitrogens with zero attached hydrogens (tertiary/aromatic N) is 2. The van der Waals surface area contributed by atoms with Crippen molar-refractivity contribution in [1.82, 2.24) is 9.80 Å². The van der Waals surface area contributed by atoms with E-state index < -0.39 is 0 Å². The van der Waals surface area contributed by atoms with Crippen molar-refractivity contribution in [3.8, 4) is 0 Å². The van der Waals surface area contributed by atoms with Gasteiger partial charge in [-0.3, -0.25) is 9.80 Å². The highest BCUT2D eigenvalue weighted by atomic mass is 35.5. The van der Waals surface area contributed by atoms with Crippen LogP contribution in [0.1, 0.15) is 18.4 Å². The molecular weight excluding hydrogens is 281 g/mol. The lowest BCUT2D eigenvalue weighted by Crippen LogP contribution is -2.49. The molecule has 0 amide bonds. The molecule has 5 heteroatoms. The third-order valence-corrected chi connectivity index (χ3v) is 4.03. The molecule has 108 valence electrons. The molecule has 0 radical (unpaired) electrons. The number of hydrogen-bond donors (Lipinski definition) is 1. The van der Waals surface area contributed by atoms with Crippen LogP contribution in [-0.2, 0) is 6.54 Å². The summed E-state index contributed by atoms with van der Waals surface area (Å²) in [6.07, 6.45) is 2.77. The van der Waals surface area contributed by atoms with Gasteiger partial charge in [-0.25, -0.2) is 0 Å². The largest absolute Gasteiger partial charge is 0.399 e. The number of piperazine rings is 1. The van der Waals surface area contributed by atoms with Crippen LogP contribution in [0.25, 0.3) is 0 Å². The summed E-state index contributed by atoms with van der Waals surface area (Å²) in [4.78, 5) is 5.22. The number of anilines is 1. The summed E-state index contributed by atoms with van der Waals surface area (Å²) in [5.41, 5.74) is 8.04. The Hall–Kier alpha value is -0.480. The first-order chi connectivity index (χ1) is 8.31. The van der Waals surface area contributed by atoms with Crippen molar-refractivity contribution in [1.29, 1.82) is 0 Å². The fraction of sp³-hybridized carbons (Fsp3) is 0.571. The van der Waals surface area contributed by atoms with E-state index in [9.17, 15) is 0 Å². The molecule has 1 aromatic rings. The van der Waals surface area contributed by atoms with Crippen LogP contribution in [0.4, 0.5) is 5.69 Å². The number of nitrogens with two attached hydrogens (primary N) is 1. The molecule has 3 nitrogen and oxygen atoms in total. The molecule has 19 heavy (non-hydrogen) atoms. The zero-order valence-corrected chi connectivity index (χ0v) is 12.8. The van der Waals surface area contributed by atoms with E-state index in [1.165, 1.54) is 44.6 Å². The van der Waals surface area contributed by atoms with Crippen LogP contribution in [0.15, 0.2) is 24.3 Å². The summed E-state index contributed by atoms with van der Waals surface area (Å²) >= 11 is 0. The zero-order valence-electron chi connectivity index (χ0n) is 11.1. The Labute approximate surface area is 128 Å². The highest BCUT2D eigenvalue weighted by Gasteiger charge is 2.30. The molecule has 0 spiro atoms. The molecular formula is C14H23Cl2N3. The lowest BCUT2D eigenvalue weighted by Gasteiger charge is -2.37. The highest BCUT2D eigenvalue weighted by molar-refractivity contribution is 5.85. The minimum atomic E-state index is 0. The van der Waals surface area contributed by atoms with E-state index in [0.29, 0.717) is 0 Å². The average Bonchev–Trinajstić information content (AvgIpc) is 2.76. The van der Waals surface area contributed by atoms with Crippen LogP contribution in [0.2, 0.25) is 0 Å². The second-order valence-electron chi connectivity index (χ2n) is 5.31. The maximum Gasteiger partial charge on any atom is 0.0317 e. The van der Waals surface area contributed by atoms with E-state index in [1.54, 1.807) is 0 Å². The lowest BCUT2D eigenvalue weighted by atomic mass is 10.1. The zero-order chi connectivity index (χ0) is 11.7. The summed E-state index contributed by atoms with van der Waals surface area (Å²) in [6.45, 7) is 6.04. The molecule has 0 aromatic heterocycles. The molecule has 1 unspecified atom stereocenters. The van der Waals surface area contributed by atoms with E-state index in [2.05, 4.69) is 28.0 Å². The van der Waals surface area contributed by atoms with Gasteiger partial charge in [-0.05, 0) is 37.1 Å². The summed E-state index contributed by atoms with van der Waals surface area (Å²) in [5.74, 6) is 0. The Morgan fingerprint density at radius 3 is 2.79 bits per heavy atom. The van der Waals surface area contributed by atoms with Gasteiger partial charge < -0.3 is 5.73 Å². The maximum atomic E-state index is 5.82. The van der Waals surface area contributed by atoms with Crippen LogP contribution >= 0.6 is 24.8 Å². The molecule has 0 aliphatic carbocycles. The van der Waals surface area contributed by atoms with E-state index in [-0.39, 0.29) is 24.8 Å². The minimum Gasteiger partial charge on any atom is -0.399 e. The highest BCUT2D eigenvalue weighted by Crippen LogP contribution is 2.22. The number of rotatable bonds is 2. The van der Waals surface area contributed by atoms with Crippen molar-refractivity contribution in [3.05, 3.63) is 29.8 Å². The summed E-state index contributed by atoms with van der Waals surface area (Å²) < 4.78 is 0. The number of hydrogen-bond acceptors (Lipinski definition) is 3. The summed E-state index contributed by atoms with van der Waals surface area (Å²) in [5, 5.41) is 0. The van der Waals surface area contributed by atoms with Crippen molar-refractivity contribution >= 4 is 30.5 Å². The minimum absolute atomic E-state index is 0. The maximum absolute atomic E-state index is 5.82. The van der Waals surface area contributed by atoms with Crippen LogP contribution in [-0.4, -0.2) is 42.0 Å². The van der Waals surface area contributed by atoms with Crippen molar-refractivity contribution in [3.63, 3.8) is 0 Å². The lowest BCUT2D eigenvalue weighted by molar-refractivity contribution is 0.0994. The predicted molar refractivity (Wildman–Crippen MR) is 85.2 cm³/mol. The second-order valence-corrected chi connectivity index (χ2v) is 5.31. The van der Waals surface area contributed by atoms with Gasteiger partial charge >= 0.3 is 0 Å². The van der Waals surface area contributed by atoms with Gasteiger partial charge in [-0.2, -0.15) is 0 Å². The van der Waals surface area contributed by atoms with Gasteiger partial charge in [0, 0.05) is 37.9 Å². The Kier molecular flexibility index (Phi) is 6.40. The van der Waals surface area contributed by atoms with Crippen LogP contribution in [0, 0.1) is 0 Å². The molecule has 2 aliphatic rings. The molecule has 2 N–H and O–H groups in total. The Morgan fingerprint density at radius 1 is 1.16 bits per heavy atom. The first-order valence-corrected chi connectivity index (χ1v) is 6.62. The van der Waals surface area contributed by atoms with Gasteiger partial charge in [0.25, 0.3) is 0 Å². The van der Waals surface area contributed by atoms with Crippen LogP contribution < -0.4 is 5.73 Å². The normalized spacial score (nSPS) is 23.3. The molecule has 0 bridgehead atoms. The molecule has 1 atom stereocenters. The third-order valence-electron chi connectivity index (χ3n) is 4.03. The smallest absolute Gasteiger partial charge is 0.0317 e. The van der Waals surface area contributed by atoms with E-state index in [1.807, 2.05) is 6.07 Å². The van der Waals surface area contributed by atoms with Gasteiger partial charge in [-0.1, -0.05) is 12.1 Å². The Balaban J connectivity index is 0.000000902. The molecule has 2 fully saturated rings. The predicted octanol–water partition coefficient (Wildman–Crippen LogP) is 2.39. The van der Waals surface area contributed by atoms with Gasteiger partial charge in [0.05, 0.1) is 0 Å². The SMILES string of the molecule is Cl.Cl.Nc1cccc(CN2CCN3CCCC3C2)c1. The second kappa shape index (κ2) is 7.34. The van der Waals surface area contributed by atoms with Crippen molar-refractivity contribution < 1.29 is 0 Å². The van der Waals surface area contributed by atoms with E-state index >= 15 is 0 Å². The molecule has 0 saturated carbocycles. The summed E-state index contributed by atoms with van der Waals surface area (Å²) in [6, 6.07) is 9.10. The van der Waals surface area contributed by atoms with Gasteiger partial charge in [0.15, 0.2) is 0 Å². The quantitative estimate of drug-likeness (QED) is 0.852. The fourth-order valence-corrected chi connectivity index (χ4v) is 3.15. The van der Waals surface area contributed by atoms with Crippen molar-refractivity contribution in [2.24, 2.45) is 0 Å². The monoisotopic (exact) mass is 303 g/mol. The first kappa shape index (κ1) is 16.6. The molecule has 2 aliphatic heterocycles. The van der Waals surface area contributed by atoms with Crippen LogP contribution in [0.5, 0.6) is 0 Å². The van der Waals surface area contributed by atoms with Gasteiger partial charge in [0.2, 0.25) is 0 Å². The summed E-state index contributed by atoms with van der Waals surface area (Å²) in [7, 11) is 0. The van der Waals surface area contributed by atoms with Crippen LogP contribution in [0.3, 0.4) is 0 Å². The topological polar surface area (TPSA) is 32.5 Å². The molecule has 2 saturated heterocycles. The molecule has 2 heterocycles. The molecule has 3 rings (SSSR count). The fourth-order valence-electron chi connectivity index (χ4n) is 3.15. The third kappa shape index (κ3) is 3.99. The van der Waals surface area contributed by atoms with Gasteiger partial charge in [0.1, 0.15) is 0 Å². The van der Waals surface area contributed by atoms with E-state index in [4.69, 9.17) is 5.73 Å². The number of fused-ring (bicyclic) bond motifs is 1. The molecule has 1 aromatic carbocycles. The van der Waals surface area contributed by atoms with Crippen molar-refractivity contribution in [2.75, 3.05) is 31.9 Å². The Morgan fingerprint density at radius 2 is 2.00 bits per heavy atom. The van der Waals surface area contributed by atoms with Gasteiger partial charge in [-0.15, -0.1) is 24.8 Å². The number of halogens is 2. The average molecular weight is 304 g/mol. The number of benzene rings is 1. The first-order valence-electron chi connectivity index (χ1n) is 6.62. The Bertz CT molecular complexity index is 400. The van der Waals surface area contributed by atoms with Crippen molar-refractivity contribution in [2.45, 2.75) is 25.4 Å². The number of nitrogen functional groups attached to an aromatic ring is 1. The van der Waals surface area contributed by atoms with E-state index in [0.717, 1.165) is 18.3 Å². The standard InChI is InChI=1S/C14H21N3.2ClH/c15-13-4-1-3-12(9-13)10-16-7-8-17-6-2-5-14(17)11-16;;/h1,3-4,9,14H,2,5-8,10-11,15H2;2*1H.